The van der Waals surface area contributed by atoms with E-state index in [4.69, 9.17) is 21.1 Å². The van der Waals surface area contributed by atoms with E-state index in [1.807, 2.05) is 49.4 Å². The Morgan fingerprint density at radius 2 is 1.78 bits per heavy atom. The van der Waals surface area contributed by atoms with Crippen molar-refractivity contribution in [2.24, 2.45) is 0 Å². The quantitative estimate of drug-likeness (QED) is 0.614. The van der Waals surface area contributed by atoms with Gasteiger partial charge in [0.05, 0.1) is 12.8 Å². The van der Waals surface area contributed by atoms with Crippen molar-refractivity contribution in [2.75, 3.05) is 12.4 Å². The molecule has 0 saturated heterocycles. The lowest BCUT2D eigenvalue weighted by molar-refractivity contribution is 0.102. The van der Waals surface area contributed by atoms with E-state index in [1.54, 1.807) is 31.4 Å². The van der Waals surface area contributed by atoms with Crippen LogP contribution in [-0.2, 0) is 6.61 Å². The Labute approximate surface area is 163 Å². The van der Waals surface area contributed by atoms with Crippen LogP contribution in [0, 0.1) is 6.92 Å². The number of ether oxygens (including phenoxy) is 2. The van der Waals surface area contributed by atoms with Crippen LogP contribution >= 0.6 is 11.6 Å². The topological polar surface area (TPSA) is 47.6 Å². The molecule has 0 aliphatic rings. The molecule has 0 spiro atoms. The van der Waals surface area contributed by atoms with Crippen molar-refractivity contribution in [3.63, 3.8) is 0 Å². The van der Waals surface area contributed by atoms with E-state index in [0.29, 0.717) is 34.4 Å². The van der Waals surface area contributed by atoms with Gasteiger partial charge in [-0.2, -0.15) is 0 Å². The highest BCUT2D eigenvalue weighted by atomic mass is 35.5. The van der Waals surface area contributed by atoms with Crippen molar-refractivity contribution < 1.29 is 14.3 Å². The second-order valence-corrected chi connectivity index (χ2v) is 6.47. The molecular formula is C22H20ClNO3. The van der Waals surface area contributed by atoms with Crippen LogP contribution in [0.2, 0.25) is 5.02 Å². The standard InChI is InChI=1S/C22H20ClNO3/c1-15-7-12-21(26-2)20(13-15)24-22(25)16-8-10-18(11-9-16)27-14-17-5-3-4-6-19(17)23/h3-13H,14H2,1-2H3,(H,24,25). The van der Waals surface area contributed by atoms with Gasteiger partial charge in [0.15, 0.2) is 0 Å². The first-order valence-electron chi connectivity index (χ1n) is 8.49. The molecule has 1 amide bonds. The predicted octanol–water partition coefficient (Wildman–Crippen LogP) is 5.49. The molecule has 0 fully saturated rings. The summed E-state index contributed by atoms with van der Waals surface area (Å²) in [5.74, 6) is 1.07. The van der Waals surface area contributed by atoms with Gasteiger partial charge < -0.3 is 14.8 Å². The summed E-state index contributed by atoms with van der Waals surface area (Å²) in [5.41, 5.74) is 3.12. The monoisotopic (exact) mass is 381 g/mol. The van der Waals surface area contributed by atoms with E-state index >= 15 is 0 Å². The second kappa shape index (κ2) is 8.60. The molecule has 138 valence electrons. The van der Waals surface area contributed by atoms with Crippen molar-refractivity contribution in [3.05, 3.63) is 88.4 Å². The van der Waals surface area contributed by atoms with Gasteiger partial charge in [-0.1, -0.05) is 35.9 Å². The summed E-state index contributed by atoms with van der Waals surface area (Å²) in [6, 6.07) is 20.1. The first kappa shape index (κ1) is 18.8. The molecular weight excluding hydrogens is 362 g/mol. The van der Waals surface area contributed by atoms with Crippen LogP contribution in [0.25, 0.3) is 0 Å². The average Bonchev–Trinajstić information content (AvgIpc) is 2.68. The molecule has 0 aliphatic heterocycles. The molecule has 5 heteroatoms. The zero-order chi connectivity index (χ0) is 19.2. The molecule has 4 nitrogen and oxygen atoms in total. The fourth-order valence-electron chi connectivity index (χ4n) is 2.59. The summed E-state index contributed by atoms with van der Waals surface area (Å²) in [4.78, 5) is 12.5. The maximum atomic E-state index is 12.5. The molecule has 0 heterocycles. The lowest BCUT2D eigenvalue weighted by Gasteiger charge is -2.12. The van der Waals surface area contributed by atoms with Gasteiger partial charge in [-0.15, -0.1) is 0 Å². The van der Waals surface area contributed by atoms with Gasteiger partial charge in [0.25, 0.3) is 5.91 Å². The summed E-state index contributed by atoms with van der Waals surface area (Å²) < 4.78 is 11.0. The van der Waals surface area contributed by atoms with Gasteiger partial charge in [-0.25, -0.2) is 0 Å². The van der Waals surface area contributed by atoms with E-state index in [9.17, 15) is 4.79 Å². The molecule has 0 radical (unpaired) electrons. The molecule has 0 aliphatic carbocycles. The number of rotatable bonds is 6. The third-order valence-corrected chi connectivity index (χ3v) is 4.44. The number of amides is 1. The Morgan fingerprint density at radius 1 is 1.04 bits per heavy atom. The SMILES string of the molecule is COc1ccc(C)cc1NC(=O)c1ccc(OCc2ccccc2Cl)cc1. The maximum Gasteiger partial charge on any atom is 0.255 e. The van der Waals surface area contributed by atoms with Gasteiger partial charge in [0.1, 0.15) is 18.1 Å². The molecule has 0 atom stereocenters. The number of nitrogens with one attached hydrogen (secondary N) is 1. The minimum absolute atomic E-state index is 0.212. The number of carbonyl (C=O) groups is 1. The number of benzene rings is 3. The third kappa shape index (κ3) is 4.80. The Balaban J connectivity index is 1.65. The van der Waals surface area contributed by atoms with Crippen LogP contribution in [0.3, 0.4) is 0 Å². The maximum absolute atomic E-state index is 12.5. The lowest BCUT2D eigenvalue weighted by atomic mass is 10.1. The van der Waals surface area contributed by atoms with Crippen LogP contribution < -0.4 is 14.8 Å². The lowest BCUT2D eigenvalue weighted by Crippen LogP contribution is -2.12. The molecule has 3 aromatic rings. The molecule has 3 aromatic carbocycles. The normalized spacial score (nSPS) is 10.3. The van der Waals surface area contributed by atoms with Crippen molar-refractivity contribution >= 4 is 23.2 Å². The Hall–Kier alpha value is -2.98. The zero-order valence-electron chi connectivity index (χ0n) is 15.2. The summed E-state index contributed by atoms with van der Waals surface area (Å²) >= 11 is 6.13. The number of carbonyl (C=O) groups excluding carboxylic acids is 1. The Morgan fingerprint density at radius 3 is 2.48 bits per heavy atom. The largest absolute Gasteiger partial charge is 0.495 e. The van der Waals surface area contributed by atoms with Crippen LogP contribution in [0.1, 0.15) is 21.5 Å². The predicted molar refractivity (Wildman–Crippen MR) is 108 cm³/mol. The van der Waals surface area contributed by atoms with Crippen LogP contribution in [0.4, 0.5) is 5.69 Å². The molecule has 3 rings (SSSR count). The van der Waals surface area contributed by atoms with Crippen molar-refractivity contribution in [2.45, 2.75) is 13.5 Å². The van der Waals surface area contributed by atoms with E-state index in [1.165, 1.54) is 0 Å². The second-order valence-electron chi connectivity index (χ2n) is 6.06. The van der Waals surface area contributed by atoms with Gasteiger partial charge >= 0.3 is 0 Å². The first-order chi connectivity index (χ1) is 13.1. The van der Waals surface area contributed by atoms with E-state index in [-0.39, 0.29) is 5.91 Å². The third-order valence-electron chi connectivity index (χ3n) is 4.07. The van der Waals surface area contributed by atoms with Crippen molar-refractivity contribution in [1.82, 2.24) is 0 Å². The Bertz CT molecular complexity index is 939. The number of aryl methyl sites for hydroxylation is 1. The van der Waals surface area contributed by atoms with Crippen LogP contribution in [0.15, 0.2) is 66.7 Å². The minimum atomic E-state index is -0.212. The highest BCUT2D eigenvalue weighted by Crippen LogP contribution is 2.26. The van der Waals surface area contributed by atoms with E-state index < -0.39 is 0 Å². The van der Waals surface area contributed by atoms with Gasteiger partial charge in [0.2, 0.25) is 0 Å². The summed E-state index contributed by atoms with van der Waals surface area (Å²) in [7, 11) is 1.57. The van der Waals surface area contributed by atoms with Gasteiger partial charge in [-0.05, 0) is 55.0 Å². The average molecular weight is 382 g/mol. The van der Waals surface area contributed by atoms with Crippen molar-refractivity contribution in [3.8, 4) is 11.5 Å². The fraction of sp³-hybridized carbons (Fsp3) is 0.136. The summed E-state index contributed by atoms with van der Waals surface area (Å²) in [6.07, 6.45) is 0. The molecule has 0 aromatic heterocycles. The van der Waals surface area contributed by atoms with Crippen molar-refractivity contribution in [1.29, 1.82) is 0 Å². The Kier molecular flexibility index (Phi) is 5.99. The fourth-order valence-corrected chi connectivity index (χ4v) is 2.78. The van der Waals surface area contributed by atoms with Crippen LogP contribution in [0.5, 0.6) is 11.5 Å². The highest BCUT2D eigenvalue weighted by Gasteiger charge is 2.10. The zero-order valence-corrected chi connectivity index (χ0v) is 15.9. The first-order valence-corrected chi connectivity index (χ1v) is 8.87. The summed E-state index contributed by atoms with van der Waals surface area (Å²) in [6.45, 7) is 2.33. The molecule has 0 unspecified atom stereocenters. The minimum Gasteiger partial charge on any atom is -0.495 e. The van der Waals surface area contributed by atoms with Crippen LogP contribution in [-0.4, -0.2) is 13.0 Å². The molecule has 0 bridgehead atoms. The highest BCUT2D eigenvalue weighted by molar-refractivity contribution is 6.31. The van der Waals surface area contributed by atoms with Gasteiger partial charge in [-0.3, -0.25) is 4.79 Å². The molecule has 27 heavy (non-hydrogen) atoms. The summed E-state index contributed by atoms with van der Waals surface area (Å²) in [5, 5.41) is 3.55. The van der Waals surface area contributed by atoms with E-state index in [2.05, 4.69) is 5.32 Å². The van der Waals surface area contributed by atoms with E-state index in [0.717, 1.165) is 11.1 Å². The molecule has 1 N–H and O–H groups in total. The number of halogens is 1. The number of anilines is 1. The number of methoxy groups -OCH3 is 1. The number of hydrogen-bond donors (Lipinski definition) is 1. The number of hydrogen-bond acceptors (Lipinski definition) is 3. The molecule has 0 saturated carbocycles. The smallest absolute Gasteiger partial charge is 0.255 e. The van der Waals surface area contributed by atoms with Gasteiger partial charge in [0, 0.05) is 16.1 Å².